The molecule has 1 rings (SSSR count). The molecule has 2 unspecified atom stereocenters. The van der Waals surface area contributed by atoms with Crippen molar-refractivity contribution in [2.45, 2.75) is 53.9 Å². The van der Waals surface area contributed by atoms with Crippen molar-refractivity contribution in [2.24, 2.45) is 17.8 Å². The van der Waals surface area contributed by atoms with Crippen molar-refractivity contribution in [2.75, 3.05) is 0 Å². The lowest BCUT2D eigenvalue weighted by Crippen LogP contribution is -2.08. The molecule has 0 aromatic rings. The van der Waals surface area contributed by atoms with Gasteiger partial charge in [-0.1, -0.05) is 53.9 Å². The molecule has 0 aliphatic heterocycles. The van der Waals surface area contributed by atoms with E-state index >= 15 is 0 Å². The van der Waals surface area contributed by atoms with Crippen molar-refractivity contribution in [1.29, 1.82) is 0 Å². The summed E-state index contributed by atoms with van der Waals surface area (Å²) in [6, 6.07) is 0. The lowest BCUT2D eigenvalue weighted by atomic mass is 9.89. The fourth-order valence-corrected chi connectivity index (χ4v) is 2.32. The Morgan fingerprint density at radius 2 is 1.36 bits per heavy atom. The third-order valence-corrected chi connectivity index (χ3v) is 3.01. The van der Waals surface area contributed by atoms with Crippen LogP contribution in [0.25, 0.3) is 0 Å². The molecule has 68 valence electrons. The van der Waals surface area contributed by atoms with Gasteiger partial charge in [-0.15, -0.1) is 0 Å². The summed E-state index contributed by atoms with van der Waals surface area (Å²) in [6.07, 6.45) is 4.34. The molecule has 0 N–H and O–H groups in total. The average molecular weight is 156 g/mol. The standard InChI is InChI=1S/C9H18.C2H6/c1-4-9-7(2)5-6-8(9)3;1-2/h7-9H,4-6H2,1-3H3;1-2H3. The molecule has 0 amide bonds. The zero-order chi connectivity index (χ0) is 8.85. The molecule has 1 saturated carbocycles. The van der Waals surface area contributed by atoms with E-state index in [9.17, 15) is 0 Å². The normalized spacial score (nSPS) is 36.3. The van der Waals surface area contributed by atoms with E-state index in [1.54, 1.807) is 0 Å². The van der Waals surface area contributed by atoms with Crippen LogP contribution in [0.3, 0.4) is 0 Å². The maximum atomic E-state index is 2.40. The fourth-order valence-electron chi connectivity index (χ4n) is 2.32. The van der Waals surface area contributed by atoms with Gasteiger partial charge in [0.1, 0.15) is 0 Å². The van der Waals surface area contributed by atoms with Crippen LogP contribution in [0.5, 0.6) is 0 Å². The van der Waals surface area contributed by atoms with Crippen molar-refractivity contribution < 1.29 is 0 Å². The minimum absolute atomic E-state index is 1.00. The first-order chi connectivity index (χ1) is 5.25. The van der Waals surface area contributed by atoms with Gasteiger partial charge in [-0.25, -0.2) is 0 Å². The topological polar surface area (TPSA) is 0 Å². The monoisotopic (exact) mass is 156 g/mol. The molecule has 0 heteroatoms. The zero-order valence-corrected chi connectivity index (χ0v) is 8.85. The Kier molecular flexibility index (Phi) is 5.62. The van der Waals surface area contributed by atoms with E-state index < -0.39 is 0 Å². The summed E-state index contributed by atoms with van der Waals surface area (Å²) in [5.74, 6) is 3.04. The van der Waals surface area contributed by atoms with Crippen LogP contribution in [0.2, 0.25) is 0 Å². The van der Waals surface area contributed by atoms with E-state index in [0.29, 0.717) is 0 Å². The molecule has 1 fully saturated rings. The maximum absolute atomic E-state index is 2.40. The Morgan fingerprint density at radius 1 is 1.00 bits per heavy atom. The highest BCUT2D eigenvalue weighted by atomic mass is 14.3. The molecular weight excluding hydrogens is 132 g/mol. The molecule has 0 aromatic carbocycles. The third-order valence-electron chi connectivity index (χ3n) is 3.01. The van der Waals surface area contributed by atoms with E-state index in [2.05, 4.69) is 20.8 Å². The van der Waals surface area contributed by atoms with E-state index in [-0.39, 0.29) is 0 Å². The summed E-state index contributed by atoms with van der Waals surface area (Å²) in [4.78, 5) is 0. The number of hydrogen-bond donors (Lipinski definition) is 0. The summed E-state index contributed by atoms with van der Waals surface area (Å²) in [5, 5.41) is 0. The highest BCUT2D eigenvalue weighted by Gasteiger charge is 2.27. The minimum Gasteiger partial charge on any atom is -0.0683 e. The molecule has 0 bridgehead atoms. The molecular formula is C11H24. The van der Waals surface area contributed by atoms with Crippen LogP contribution in [-0.2, 0) is 0 Å². The molecule has 0 nitrogen and oxygen atoms in total. The van der Waals surface area contributed by atoms with Gasteiger partial charge >= 0.3 is 0 Å². The van der Waals surface area contributed by atoms with Crippen molar-refractivity contribution >= 4 is 0 Å². The molecule has 2 atom stereocenters. The highest BCUT2D eigenvalue weighted by molar-refractivity contribution is 4.78. The molecule has 0 heterocycles. The Morgan fingerprint density at radius 3 is 1.55 bits per heavy atom. The summed E-state index contributed by atoms with van der Waals surface area (Å²) in [7, 11) is 0. The van der Waals surface area contributed by atoms with Crippen molar-refractivity contribution in [1.82, 2.24) is 0 Å². The van der Waals surface area contributed by atoms with Crippen LogP contribution in [0.1, 0.15) is 53.9 Å². The van der Waals surface area contributed by atoms with Crippen molar-refractivity contribution in [3.8, 4) is 0 Å². The smallest absolute Gasteiger partial charge is 0.0365 e. The highest BCUT2D eigenvalue weighted by Crippen LogP contribution is 2.38. The molecule has 0 spiro atoms. The van der Waals surface area contributed by atoms with Crippen LogP contribution in [-0.4, -0.2) is 0 Å². The molecule has 0 aromatic heterocycles. The molecule has 0 saturated heterocycles. The lowest BCUT2D eigenvalue weighted by Gasteiger charge is -2.16. The first-order valence-corrected chi connectivity index (χ1v) is 5.25. The quantitative estimate of drug-likeness (QED) is 0.536. The SMILES string of the molecule is CC.CCC1C(C)CCC1C. The Bertz CT molecular complexity index is 76.0. The van der Waals surface area contributed by atoms with Gasteiger partial charge in [-0.3, -0.25) is 0 Å². The van der Waals surface area contributed by atoms with E-state index in [1.165, 1.54) is 19.3 Å². The van der Waals surface area contributed by atoms with Crippen LogP contribution in [0.4, 0.5) is 0 Å². The van der Waals surface area contributed by atoms with Gasteiger partial charge in [0, 0.05) is 0 Å². The van der Waals surface area contributed by atoms with E-state index in [1.807, 2.05) is 13.8 Å². The second-order valence-electron chi connectivity index (χ2n) is 3.60. The summed E-state index contributed by atoms with van der Waals surface area (Å²) < 4.78 is 0. The molecule has 1 aliphatic rings. The third kappa shape index (κ3) is 2.84. The second-order valence-corrected chi connectivity index (χ2v) is 3.60. The zero-order valence-electron chi connectivity index (χ0n) is 8.85. The molecule has 11 heavy (non-hydrogen) atoms. The van der Waals surface area contributed by atoms with Crippen LogP contribution in [0.15, 0.2) is 0 Å². The first-order valence-electron chi connectivity index (χ1n) is 5.25. The fraction of sp³-hybridized carbons (Fsp3) is 1.00. The predicted molar refractivity (Wildman–Crippen MR) is 52.7 cm³/mol. The van der Waals surface area contributed by atoms with Gasteiger partial charge < -0.3 is 0 Å². The predicted octanol–water partition coefficient (Wildman–Crippen LogP) is 4.10. The second kappa shape index (κ2) is 5.62. The summed E-state index contributed by atoms with van der Waals surface area (Å²) in [6.45, 7) is 11.1. The molecule has 1 aliphatic carbocycles. The maximum Gasteiger partial charge on any atom is -0.0365 e. The van der Waals surface area contributed by atoms with Gasteiger partial charge in [0.15, 0.2) is 0 Å². The van der Waals surface area contributed by atoms with Gasteiger partial charge in [0.2, 0.25) is 0 Å². The first kappa shape index (κ1) is 11.0. The van der Waals surface area contributed by atoms with Gasteiger partial charge in [0.05, 0.1) is 0 Å². The van der Waals surface area contributed by atoms with Gasteiger partial charge in [-0.2, -0.15) is 0 Å². The number of hydrogen-bond acceptors (Lipinski definition) is 0. The minimum atomic E-state index is 1.00. The van der Waals surface area contributed by atoms with Crippen LogP contribution >= 0.6 is 0 Å². The van der Waals surface area contributed by atoms with Crippen molar-refractivity contribution in [3.63, 3.8) is 0 Å². The summed E-state index contributed by atoms with van der Waals surface area (Å²) in [5.41, 5.74) is 0. The Labute approximate surface area is 72.4 Å². The Hall–Kier alpha value is 0. The lowest BCUT2D eigenvalue weighted by molar-refractivity contribution is 0.336. The van der Waals surface area contributed by atoms with E-state index in [4.69, 9.17) is 0 Å². The van der Waals surface area contributed by atoms with Crippen LogP contribution in [0, 0.1) is 17.8 Å². The van der Waals surface area contributed by atoms with Gasteiger partial charge in [-0.05, 0) is 17.8 Å². The Balaban J connectivity index is 0.000000461. The van der Waals surface area contributed by atoms with Crippen molar-refractivity contribution in [3.05, 3.63) is 0 Å². The van der Waals surface area contributed by atoms with E-state index in [0.717, 1.165) is 17.8 Å². The van der Waals surface area contributed by atoms with Gasteiger partial charge in [0.25, 0.3) is 0 Å². The van der Waals surface area contributed by atoms with Crippen LogP contribution < -0.4 is 0 Å². The summed E-state index contributed by atoms with van der Waals surface area (Å²) >= 11 is 0. The largest absolute Gasteiger partial charge is 0.0683 e. The number of rotatable bonds is 1. The molecule has 0 radical (unpaired) electrons. The average Bonchev–Trinajstić information content (AvgIpc) is 2.35.